The quantitative estimate of drug-likeness (QED) is 0.823. The number of anilines is 2. The minimum Gasteiger partial charge on any atom is -0.493 e. The van der Waals surface area contributed by atoms with Gasteiger partial charge in [0.05, 0.1) is 25.7 Å². The summed E-state index contributed by atoms with van der Waals surface area (Å²) in [5.41, 5.74) is 2.41. The van der Waals surface area contributed by atoms with E-state index in [0.717, 1.165) is 16.1 Å². The van der Waals surface area contributed by atoms with Gasteiger partial charge in [0.1, 0.15) is 0 Å². The molecular weight excluding hydrogens is 364 g/mol. The van der Waals surface area contributed by atoms with E-state index >= 15 is 0 Å². The van der Waals surface area contributed by atoms with E-state index in [2.05, 4.69) is 5.32 Å². The van der Waals surface area contributed by atoms with E-state index in [1.807, 2.05) is 37.3 Å². The number of carbonyl (C=O) groups is 2. The molecule has 0 fully saturated rings. The maximum Gasteiger partial charge on any atom is 0.237 e. The SMILES string of the molecule is COc1cc(C)c(NC(=O)CCN2C(=O)CSc3ccccc32)cc1OC. The van der Waals surface area contributed by atoms with Gasteiger partial charge in [0.25, 0.3) is 0 Å². The summed E-state index contributed by atoms with van der Waals surface area (Å²) in [6.07, 6.45) is 0.207. The van der Waals surface area contributed by atoms with E-state index < -0.39 is 0 Å². The lowest BCUT2D eigenvalue weighted by Crippen LogP contribution is -2.37. The summed E-state index contributed by atoms with van der Waals surface area (Å²) in [5.74, 6) is 1.42. The van der Waals surface area contributed by atoms with E-state index in [0.29, 0.717) is 29.5 Å². The predicted octanol–water partition coefficient (Wildman–Crippen LogP) is 3.48. The number of methoxy groups -OCH3 is 2. The van der Waals surface area contributed by atoms with Gasteiger partial charge in [0.15, 0.2) is 11.5 Å². The summed E-state index contributed by atoms with van der Waals surface area (Å²) < 4.78 is 10.6. The Morgan fingerprint density at radius 1 is 1.19 bits per heavy atom. The number of amides is 2. The van der Waals surface area contributed by atoms with Crippen LogP contribution in [-0.2, 0) is 9.59 Å². The fourth-order valence-corrected chi connectivity index (χ4v) is 3.88. The van der Waals surface area contributed by atoms with Crippen molar-refractivity contribution in [1.29, 1.82) is 0 Å². The van der Waals surface area contributed by atoms with Crippen molar-refractivity contribution in [3.8, 4) is 11.5 Å². The van der Waals surface area contributed by atoms with Gasteiger partial charge >= 0.3 is 0 Å². The van der Waals surface area contributed by atoms with Gasteiger partial charge in [-0.3, -0.25) is 9.59 Å². The van der Waals surface area contributed by atoms with Crippen molar-refractivity contribution < 1.29 is 19.1 Å². The Hall–Kier alpha value is -2.67. The van der Waals surface area contributed by atoms with Crippen LogP contribution < -0.4 is 19.7 Å². The number of fused-ring (bicyclic) bond motifs is 1. The predicted molar refractivity (Wildman–Crippen MR) is 107 cm³/mol. The first-order valence-corrected chi connectivity index (χ1v) is 9.56. The maximum absolute atomic E-state index is 12.5. The van der Waals surface area contributed by atoms with Gasteiger partial charge in [-0.2, -0.15) is 0 Å². The normalized spacial score (nSPS) is 13.1. The Bertz CT molecular complexity index is 869. The second kappa shape index (κ2) is 8.35. The molecule has 0 aliphatic carbocycles. The van der Waals surface area contributed by atoms with Crippen LogP contribution in [0.3, 0.4) is 0 Å². The molecule has 2 aromatic carbocycles. The molecule has 3 rings (SSSR count). The third-order valence-electron chi connectivity index (χ3n) is 4.38. The van der Waals surface area contributed by atoms with Crippen molar-refractivity contribution in [3.05, 3.63) is 42.0 Å². The monoisotopic (exact) mass is 386 g/mol. The number of aryl methyl sites for hydroxylation is 1. The number of rotatable bonds is 6. The summed E-state index contributed by atoms with van der Waals surface area (Å²) in [6.45, 7) is 2.23. The first-order chi connectivity index (χ1) is 13.0. The van der Waals surface area contributed by atoms with Crippen LogP contribution in [0.25, 0.3) is 0 Å². The molecule has 1 aliphatic heterocycles. The molecule has 1 N–H and O–H groups in total. The fourth-order valence-electron chi connectivity index (χ4n) is 2.94. The van der Waals surface area contributed by atoms with Crippen molar-refractivity contribution in [1.82, 2.24) is 0 Å². The van der Waals surface area contributed by atoms with Crippen LogP contribution in [0.5, 0.6) is 11.5 Å². The largest absolute Gasteiger partial charge is 0.493 e. The standard InChI is InChI=1S/C20H22N2O4S/c1-13-10-16(25-2)17(26-3)11-14(13)21-19(23)8-9-22-15-6-4-5-7-18(15)27-12-20(22)24/h4-7,10-11H,8-9,12H2,1-3H3,(H,21,23). The van der Waals surface area contributed by atoms with Crippen LogP contribution in [0.15, 0.2) is 41.3 Å². The van der Waals surface area contributed by atoms with E-state index in [1.54, 1.807) is 25.2 Å². The molecule has 1 aliphatic rings. The van der Waals surface area contributed by atoms with Gasteiger partial charge in [-0.15, -0.1) is 11.8 Å². The molecule has 0 saturated carbocycles. The molecule has 0 spiro atoms. The van der Waals surface area contributed by atoms with Gasteiger partial charge in [-0.25, -0.2) is 0 Å². The summed E-state index contributed by atoms with van der Waals surface area (Å²) in [6, 6.07) is 11.3. The van der Waals surface area contributed by atoms with E-state index in [-0.39, 0.29) is 18.2 Å². The van der Waals surface area contributed by atoms with Crippen LogP contribution in [0.1, 0.15) is 12.0 Å². The first kappa shape index (κ1) is 19.1. The second-order valence-corrected chi connectivity index (χ2v) is 7.14. The minimum absolute atomic E-state index is 0.0220. The lowest BCUT2D eigenvalue weighted by Gasteiger charge is -2.28. The molecule has 0 aromatic heterocycles. The Morgan fingerprint density at radius 3 is 2.63 bits per heavy atom. The maximum atomic E-state index is 12.5. The van der Waals surface area contributed by atoms with Gasteiger partial charge in [-0.1, -0.05) is 12.1 Å². The van der Waals surface area contributed by atoms with Crippen LogP contribution >= 0.6 is 11.8 Å². The molecule has 7 heteroatoms. The number of hydrogen-bond donors (Lipinski definition) is 1. The summed E-state index contributed by atoms with van der Waals surface area (Å²) in [5, 5.41) is 2.90. The van der Waals surface area contributed by atoms with Crippen LogP contribution in [0.2, 0.25) is 0 Å². The molecule has 6 nitrogen and oxygen atoms in total. The van der Waals surface area contributed by atoms with E-state index in [4.69, 9.17) is 9.47 Å². The van der Waals surface area contributed by atoms with E-state index in [1.165, 1.54) is 11.8 Å². The zero-order chi connectivity index (χ0) is 19.4. The average Bonchev–Trinajstić information content (AvgIpc) is 2.68. The van der Waals surface area contributed by atoms with Crippen LogP contribution in [-0.4, -0.2) is 38.3 Å². The highest BCUT2D eigenvalue weighted by Gasteiger charge is 2.24. The van der Waals surface area contributed by atoms with Crippen LogP contribution in [0.4, 0.5) is 11.4 Å². The van der Waals surface area contributed by atoms with Crippen molar-refractivity contribution in [2.75, 3.05) is 36.7 Å². The smallest absolute Gasteiger partial charge is 0.237 e. The first-order valence-electron chi connectivity index (χ1n) is 8.58. The number of thioether (sulfide) groups is 1. The molecular formula is C20H22N2O4S. The topological polar surface area (TPSA) is 67.9 Å². The number of nitrogens with zero attached hydrogens (tertiary/aromatic N) is 1. The molecule has 0 saturated heterocycles. The number of hydrogen-bond acceptors (Lipinski definition) is 5. The molecule has 2 amide bonds. The lowest BCUT2D eigenvalue weighted by atomic mass is 10.1. The molecule has 1 heterocycles. The molecule has 142 valence electrons. The zero-order valence-electron chi connectivity index (χ0n) is 15.6. The Balaban J connectivity index is 1.68. The van der Waals surface area contributed by atoms with Crippen molar-refractivity contribution in [2.45, 2.75) is 18.2 Å². The fraction of sp³-hybridized carbons (Fsp3) is 0.300. The summed E-state index contributed by atoms with van der Waals surface area (Å²) in [7, 11) is 3.12. The molecule has 0 atom stereocenters. The number of benzene rings is 2. The van der Waals surface area contributed by atoms with Crippen LogP contribution in [0, 0.1) is 6.92 Å². The highest BCUT2D eigenvalue weighted by Crippen LogP contribution is 2.35. The number of nitrogens with one attached hydrogen (secondary N) is 1. The number of ether oxygens (including phenoxy) is 2. The highest BCUT2D eigenvalue weighted by atomic mass is 32.2. The van der Waals surface area contributed by atoms with Gasteiger partial charge in [-0.05, 0) is 30.7 Å². The highest BCUT2D eigenvalue weighted by molar-refractivity contribution is 8.00. The third-order valence-corrected chi connectivity index (χ3v) is 5.42. The van der Waals surface area contributed by atoms with Crippen molar-refractivity contribution >= 4 is 35.0 Å². The number of para-hydroxylation sites is 1. The lowest BCUT2D eigenvalue weighted by molar-refractivity contribution is -0.117. The third kappa shape index (κ3) is 4.19. The van der Waals surface area contributed by atoms with Gasteiger partial charge < -0.3 is 19.7 Å². The number of carbonyl (C=O) groups excluding carboxylic acids is 2. The average molecular weight is 386 g/mol. The summed E-state index contributed by atoms with van der Waals surface area (Å²) >= 11 is 1.53. The second-order valence-electron chi connectivity index (χ2n) is 6.12. The molecule has 0 radical (unpaired) electrons. The molecule has 0 bridgehead atoms. The zero-order valence-corrected chi connectivity index (χ0v) is 16.4. The molecule has 27 heavy (non-hydrogen) atoms. The molecule has 0 unspecified atom stereocenters. The van der Waals surface area contributed by atoms with Crippen molar-refractivity contribution in [3.63, 3.8) is 0 Å². The Morgan fingerprint density at radius 2 is 1.89 bits per heavy atom. The summed E-state index contributed by atoms with van der Waals surface area (Å²) in [4.78, 5) is 27.5. The molecule has 2 aromatic rings. The van der Waals surface area contributed by atoms with Crippen molar-refractivity contribution in [2.24, 2.45) is 0 Å². The van der Waals surface area contributed by atoms with E-state index in [9.17, 15) is 9.59 Å². The van der Waals surface area contributed by atoms with Gasteiger partial charge in [0.2, 0.25) is 11.8 Å². The minimum atomic E-state index is -0.158. The Kier molecular flexibility index (Phi) is 5.91. The Labute approximate surface area is 162 Å². The van der Waals surface area contributed by atoms with Gasteiger partial charge in [0, 0.05) is 29.6 Å².